The van der Waals surface area contributed by atoms with Gasteiger partial charge in [0.15, 0.2) is 0 Å². The fourth-order valence-corrected chi connectivity index (χ4v) is 4.63. The number of carbonyl (C=O) groups is 1. The van der Waals surface area contributed by atoms with Gasteiger partial charge in [0.25, 0.3) is 0 Å². The number of hydrogen-bond donors (Lipinski definition) is 1. The molecule has 1 saturated carbocycles. The van der Waals surface area contributed by atoms with Crippen molar-refractivity contribution >= 4 is 17.2 Å². The van der Waals surface area contributed by atoms with E-state index in [-0.39, 0.29) is 18.1 Å². The van der Waals surface area contributed by atoms with Crippen LogP contribution in [-0.2, 0) is 16.1 Å². The number of nitrogens with one attached hydrogen (secondary N) is 1. The number of ether oxygens (including phenoxy) is 1. The normalized spacial score (nSPS) is 32.0. The van der Waals surface area contributed by atoms with Gasteiger partial charge in [0, 0.05) is 39.0 Å². The Morgan fingerprint density at radius 1 is 1.45 bits per heavy atom. The summed E-state index contributed by atoms with van der Waals surface area (Å²) in [6.07, 6.45) is 2.21. The molecular formula is C16H25N3O2S. The Morgan fingerprint density at radius 2 is 2.18 bits per heavy atom. The second-order valence-electron chi connectivity index (χ2n) is 6.62. The smallest absolute Gasteiger partial charge is 0.217 e. The van der Waals surface area contributed by atoms with E-state index >= 15 is 0 Å². The Morgan fingerprint density at radius 3 is 2.77 bits per heavy atom. The van der Waals surface area contributed by atoms with E-state index in [2.05, 4.69) is 27.5 Å². The number of rotatable bonds is 4. The van der Waals surface area contributed by atoms with E-state index in [0.29, 0.717) is 11.8 Å². The molecule has 1 aromatic rings. The van der Waals surface area contributed by atoms with Crippen LogP contribution in [0.3, 0.4) is 0 Å². The summed E-state index contributed by atoms with van der Waals surface area (Å²) in [6.45, 7) is 6.81. The highest BCUT2D eigenvalue weighted by Gasteiger charge is 2.42. The molecule has 1 N–H and O–H groups in total. The minimum absolute atomic E-state index is 0.0401. The van der Waals surface area contributed by atoms with Crippen LogP contribution in [0.1, 0.15) is 30.5 Å². The zero-order valence-corrected chi connectivity index (χ0v) is 14.4. The Bertz CT molecular complexity index is 533. The SMILES string of the molecule is CO[C@@H]1C[C@H]2CN(Cc3csc(C)n3)C[C@H]2C[C@H]1NC(C)=O. The molecule has 6 heteroatoms. The van der Waals surface area contributed by atoms with Gasteiger partial charge in [-0.25, -0.2) is 4.98 Å². The Hall–Kier alpha value is -0.980. The number of aryl methyl sites for hydroxylation is 1. The molecule has 0 aromatic carbocycles. The lowest BCUT2D eigenvalue weighted by Gasteiger charge is -2.37. The van der Waals surface area contributed by atoms with Crippen molar-refractivity contribution in [2.24, 2.45) is 11.8 Å². The van der Waals surface area contributed by atoms with Crippen LogP contribution in [0.5, 0.6) is 0 Å². The molecule has 2 fully saturated rings. The van der Waals surface area contributed by atoms with Gasteiger partial charge in [0.2, 0.25) is 5.91 Å². The van der Waals surface area contributed by atoms with Crippen molar-refractivity contribution in [2.45, 2.75) is 45.4 Å². The van der Waals surface area contributed by atoms with Gasteiger partial charge in [-0.1, -0.05) is 0 Å². The van der Waals surface area contributed by atoms with Crippen LogP contribution in [0.4, 0.5) is 0 Å². The lowest BCUT2D eigenvalue weighted by molar-refractivity contribution is -0.121. The number of carbonyl (C=O) groups excluding carboxylic acids is 1. The first-order valence-electron chi connectivity index (χ1n) is 7.98. The van der Waals surface area contributed by atoms with Gasteiger partial charge in [-0.2, -0.15) is 0 Å². The maximum atomic E-state index is 11.4. The Kier molecular flexibility index (Phi) is 4.80. The second-order valence-corrected chi connectivity index (χ2v) is 7.69. The van der Waals surface area contributed by atoms with Crippen LogP contribution in [-0.4, -0.2) is 48.1 Å². The van der Waals surface area contributed by atoms with E-state index in [1.165, 1.54) is 5.69 Å². The van der Waals surface area contributed by atoms with E-state index in [0.717, 1.165) is 37.5 Å². The van der Waals surface area contributed by atoms with Gasteiger partial charge < -0.3 is 10.1 Å². The average molecular weight is 323 g/mol. The average Bonchev–Trinajstić information content (AvgIpc) is 3.03. The van der Waals surface area contributed by atoms with Crippen LogP contribution < -0.4 is 5.32 Å². The molecule has 2 heterocycles. The van der Waals surface area contributed by atoms with Crippen molar-refractivity contribution in [3.05, 3.63) is 16.1 Å². The molecule has 1 aromatic heterocycles. The molecule has 2 aliphatic rings. The summed E-state index contributed by atoms with van der Waals surface area (Å²) in [5, 5.41) is 6.37. The molecular weight excluding hydrogens is 298 g/mol. The summed E-state index contributed by atoms with van der Waals surface area (Å²) < 4.78 is 5.63. The highest BCUT2D eigenvalue weighted by atomic mass is 32.1. The molecule has 5 nitrogen and oxygen atoms in total. The van der Waals surface area contributed by atoms with Crippen molar-refractivity contribution in [2.75, 3.05) is 20.2 Å². The van der Waals surface area contributed by atoms with Crippen molar-refractivity contribution in [1.29, 1.82) is 0 Å². The molecule has 1 amide bonds. The first kappa shape index (κ1) is 15.9. The van der Waals surface area contributed by atoms with E-state index in [1.54, 1.807) is 25.4 Å². The number of methoxy groups -OCH3 is 1. The van der Waals surface area contributed by atoms with Crippen molar-refractivity contribution in [3.63, 3.8) is 0 Å². The minimum atomic E-state index is 0.0401. The number of aromatic nitrogens is 1. The van der Waals surface area contributed by atoms with E-state index in [9.17, 15) is 4.79 Å². The quantitative estimate of drug-likeness (QED) is 0.918. The van der Waals surface area contributed by atoms with Gasteiger partial charge in [0.05, 0.1) is 22.8 Å². The van der Waals surface area contributed by atoms with Crippen LogP contribution in [0.25, 0.3) is 0 Å². The molecule has 0 radical (unpaired) electrons. The highest BCUT2D eigenvalue weighted by Crippen LogP contribution is 2.38. The number of hydrogen-bond acceptors (Lipinski definition) is 5. The number of nitrogens with zero attached hydrogens (tertiary/aromatic N) is 2. The lowest BCUT2D eigenvalue weighted by Crippen LogP contribution is -2.49. The third-order valence-electron chi connectivity index (χ3n) is 4.94. The van der Waals surface area contributed by atoms with Gasteiger partial charge >= 0.3 is 0 Å². The molecule has 3 rings (SSSR count). The zero-order chi connectivity index (χ0) is 15.7. The second kappa shape index (κ2) is 6.64. The molecule has 1 aliphatic heterocycles. The van der Waals surface area contributed by atoms with E-state index in [1.807, 2.05) is 0 Å². The molecule has 22 heavy (non-hydrogen) atoms. The summed E-state index contributed by atoms with van der Waals surface area (Å²) >= 11 is 1.72. The van der Waals surface area contributed by atoms with Gasteiger partial charge in [-0.15, -0.1) is 11.3 Å². The summed E-state index contributed by atoms with van der Waals surface area (Å²) in [7, 11) is 1.75. The first-order valence-corrected chi connectivity index (χ1v) is 8.86. The van der Waals surface area contributed by atoms with Gasteiger partial charge in [-0.05, 0) is 31.6 Å². The topological polar surface area (TPSA) is 54.5 Å². The summed E-state index contributed by atoms with van der Waals surface area (Å²) in [5.74, 6) is 1.37. The standard InChI is InChI=1S/C16H25N3O2S/c1-10(20)17-15-4-12-6-19(7-13(12)5-16(15)21-3)8-14-9-22-11(2)18-14/h9,12-13,15-16H,4-8H2,1-3H3,(H,17,20)/t12-,13+,15-,16-/m1/s1. The maximum absolute atomic E-state index is 11.4. The van der Waals surface area contributed by atoms with Crippen LogP contribution in [0, 0.1) is 18.8 Å². The lowest BCUT2D eigenvalue weighted by atomic mass is 9.77. The number of likely N-dealkylation sites (tertiary alicyclic amines) is 1. The minimum Gasteiger partial charge on any atom is -0.379 e. The summed E-state index contributed by atoms with van der Waals surface area (Å²) in [6, 6.07) is 0.158. The Labute approximate surface area is 136 Å². The third kappa shape index (κ3) is 3.50. The maximum Gasteiger partial charge on any atom is 0.217 e. The summed E-state index contributed by atoms with van der Waals surface area (Å²) in [5.41, 5.74) is 1.18. The molecule has 1 saturated heterocycles. The molecule has 122 valence electrons. The predicted molar refractivity (Wildman–Crippen MR) is 86.7 cm³/mol. The van der Waals surface area contributed by atoms with Crippen LogP contribution in [0.2, 0.25) is 0 Å². The number of fused-ring (bicyclic) bond motifs is 1. The first-order chi connectivity index (χ1) is 10.5. The van der Waals surface area contributed by atoms with Crippen molar-refractivity contribution in [1.82, 2.24) is 15.2 Å². The fraction of sp³-hybridized carbons (Fsp3) is 0.750. The third-order valence-corrected chi connectivity index (χ3v) is 5.76. The Balaban J connectivity index is 1.61. The zero-order valence-electron chi connectivity index (χ0n) is 13.5. The van der Waals surface area contributed by atoms with Crippen molar-refractivity contribution in [3.8, 4) is 0 Å². The molecule has 0 unspecified atom stereocenters. The van der Waals surface area contributed by atoms with Crippen molar-refractivity contribution < 1.29 is 9.53 Å². The predicted octanol–water partition coefficient (Wildman–Crippen LogP) is 1.81. The van der Waals surface area contributed by atoms with Crippen LogP contribution >= 0.6 is 11.3 Å². The molecule has 1 aliphatic carbocycles. The van der Waals surface area contributed by atoms with Gasteiger partial charge in [-0.3, -0.25) is 9.69 Å². The molecule has 0 bridgehead atoms. The van der Waals surface area contributed by atoms with E-state index < -0.39 is 0 Å². The molecule has 0 spiro atoms. The highest BCUT2D eigenvalue weighted by molar-refractivity contribution is 7.09. The summed E-state index contributed by atoms with van der Waals surface area (Å²) in [4.78, 5) is 18.5. The number of amides is 1. The molecule has 4 atom stereocenters. The number of thiazole rings is 1. The largest absolute Gasteiger partial charge is 0.379 e. The fourth-order valence-electron chi connectivity index (χ4n) is 4.02. The monoisotopic (exact) mass is 323 g/mol. The van der Waals surface area contributed by atoms with Crippen LogP contribution in [0.15, 0.2) is 5.38 Å². The van der Waals surface area contributed by atoms with Gasteiger partial charge in [0.1, 0.15) is 0 Å². The van der Waals surface area contributed by atoms with E-state index in [4.69, 9.17) is 4.74 Å².